The lowest BCUT2D eigenvalue weighted by Crippen LogP contribution is -2.29. The third-order valence-corrected chi connectivity index (χ3v) is 1.63. The number of Topliss-reactive ketones (excluding diaryl/α,β-unsaturated/α-hetero) is 1. The number of carbonyl (C=O) groups excluding carboxylic acids is 2. The van der Waals surface area contributed by atoms with Gasteiger partial charge in [0.25, 0.3) is 5.91 Å². The van der Waals surface area contributed by atoms with Gasteiger partial charge in [-0.3, -0.25) is 9.59 Å². The van der Waals surface area contributed by atoms with E-state index in [2.05, 4.69) is 5.32 Å². The first-order valence-electron chi connectivity index (χ1n) is 4.11. The summed E-state index contributed by atoms with van der Waals surface area (Å²) < 4.78 is 12.8. The lowest BCUT2D eigenvalue weighted by atomic mass is 10.2. The number of nitrogens with one attached hydrogen (secondary N) is 1. The van der Waals surface area contributed by atoms with E-state index in [1.807, 2.05) is 0 Å². The van der Waals surface area contributed by atoms with Crippen LogP contribution in [0.15, 0.2) is 30.3 Å². The Labute approximate surface area is 80.9 Å². The van der Waals surface area contributed by atoms with E-state index in [1.165, 1.54) is 0 Å². The van der Waals surface area contributed by atoms with E-state index in [0.717, 1.165) is 6.92 Å². The summed E-state index contributed by atoms with van der Waals surface area (Å²) in [5.74, 6) is -1.72. The van der Waals surface area contributed by atoms with Gasteiger partial charge in [0.1, 0.15) is 0 Å². The molecule has 0 aromatic heterocycles. The monoisotopic (exact) mass is 195 g/mol. The summed E-state index contributed by atoms with van der Waals surface area (Å²) in [6.07, 6.45) is -2.09. The van der Waals surface area contributed by atoms with Crippen molar-refractivity contribution in [2.24, 2.45) is 0 Å². The molecule has 0 spiro atoms. The molecule has 0 saturated carbocycles. The zero-order valence-corrected chi connectivity index (χ0v) is 7.66. The highest BCUT2D eigenvalue weighted by molar-refractivity contribution is 6.08. The van der Waals surface area contributed by atoms with E-state index < -0.39 is 17.9 Å². The van der Waals surface area contributed by atoms with E-state index in [-0.39, 0.29) is 0 Å². The lowest BCUT2D eigenvalue weighted by Gasteiger charge is -2.05. The number of para-hydroxylation sites is 1. The van der Waals surface area contributed by atoms with Crippen LogP contribution in [-0.2, 0) is 9.59 Å². The summed E-state index contributed by atoms with van der Waals surface area (Å²) in [7, 11) is 0. The second-order valence-corrected chi connectivity index (χ2v) is 2.83. The minimum atomic E-state index is -2.09. The molecule has 1 unspecified atom stereocenters. The Morgan fingerprint density at radius 3 is 2.36 bits per heavy atom. The van der Waals surface area contributed by atoms with Crippen LogP contribution in [0.5, 0.6) is 0 Å². The van der Waals surface area contributed by atoms with Crippen molar-refractivity contribution >= 4 is 17.4 Å². The summed E-state index contributed by atoms with van der Waals surface area (Å²) in [5.41, 5.74) is 0.474. The molecule has 1 atom stereocenters. The van der Waals surface area contributed by atoms with Gasteiger partial charge >= 0.3 is 0 Å². The summed E-state index contributed by atoms with van der Waals surface area (Å²) in [5, 5.41) is 2.29. The molecule has 1 N–H and O–H groups in total. The molecule has 0 aliphatic carbocycles. The van der Waals surface area contributed by atoms with Gasteiger partial charge < -0.3 is 5.32 Å². The highest BCUT2D eigenvalue weighted by atomic mass is 19.1. The van der Waals surface area contributed by atoms with E-state index in [1.54, 1.807) is 30.3 Å². The molecule has 0 radical (unpaired) electrons. The van der Waals surface area contributed by atoms with Crippen molar-refractivity contribution in [3.63, 3.8) is 0 Å². The maximum Gasteiger partial charge on any atom is 0.266 e. The van der Waals surface area contributed by atoms with Crippen LogP contribution in [0.4, 0.5) is 10.1 Å². The van der Waals surface area contributed by atoms with Gasteiger partial charge in [-0.2, -0.15) is 0 Å². The number of carbonyl (C=O) groups is 2. The fraction of sp³-hybridized carbons (Fsp3) is 0.200. The normalized spacial score (nSPS) is 11.9. The molecule has 0 bridgehead atoms. The fourth-order valence-corrected chi connectivity index (χ4v) is 0.912. The highest BCUT2D eigenvalue weighted by Gasteiger charge is 2.21. The van der Waals surface area contributed by atoms with Crippen molar-refractivity contribution in [3.05, 3.63) is 30.3 Å². The number of amides is 1. The van der Waals surface area contributed by atoms with E-state index in [4.69, 9.17) is 0 Å². The molecular weight excluding hydrogens is 185 g/mol. The van der Waals surface area contributed by atoms with Crippen LogP contribution in [0.3, 0.4) is 0 Å². The Morgan fingerprint density at radius 2 is 1.86 bits per heavy atom. The zero-order valence-electron chi connectivity index (χ0n) is 7.66. The minimum absolute atomic E-state index is 0.474. The van der Waals surface area contributed by atoms with Gasteiger partial charge in [0.2, 0.25) is 6.17 Å². The second kappa shape index (κ2) is 4.50. The van der Waals surface area contributed by atoms with Gasteiger partial charge in [0.15, 0.2) is 5.78 Å². The third kappa shape index (κ3) is 2.65. The van der Waals surface area contributed by atoms with Crippen molar-refractivity contribution in [2.75, 3.05) is 5.32 Å². The Bertz CT molecular complexity index is 337. The lowest BCUT2D eigenvalue weighted by molar-refractivity contribution is -0.131. The predicted molar refractivity (Wildman–Crippen MR) is 50.6 cm³/mol. The molecule has 1 amide bonds. The van der Waals surface area contributed by atoms with E-state index in [0.29, 0.717) is 5.69 Å². The molecule has 1 aromatic rings. The summed E-state index contributed by atoms with van der Waals surface area (Å²) in [6, 6.07) is 8.41. The number of hydrogen-bond donors (Lipinski definition) is 1. The zero-order chi connectivity index (χ0) is 10.6. The molecule has 14 heavy (non-hydrogen) atoms. The maximum atomic E-state index is 12.8. The van der Waals surface area contributed by atoms with Crippen LogP contribution < -0.4 is 5.32 Å². The number of rotatable bonds is 3. The van der Waals surface area contributed by atoms with Crippen molar-refractivity contribution in [2.45, 2.75) is 13.1 Å². The summed E-state index contributed by atoms with van der Waals surface area (Å²) in [4.78, 5) is 21.6. The third-order valence-electron chi connectivity index (χ3n) is 1.63. The second-order valence-electron chi connectivity index (χ2n) is 2.83. The number of halogens is 1. The van der Waals surface area contributed by atoms with Crippen LogP contribution in [0, 0.1) is 0 Å². The standard InChI is InChI=1S/C10H10FNO2/c1-7(13)9(11)10(14)12-8-5-3-2-4-6-8/h2-6,9H,1H3,(H,12,14). The van der Waals surface area contributed by atoms with Gasteiger partial charge in [-0.15, -0.1) is 0 Å². The van der Waals surface area contributed by atoms with Crippen LogP contribution in [0.1, 0.15) is 6.92 Å². The van der Waals surface area contributed by atoms with E-state index in [9.17, 15) is 14.0 Å². The molecule has 1 aromatic carbocycles. The summed E-state index contributed by atoms with van der Waals surface area (Å²) in [6.45, 7) is 1.04. The molecular formula is C10H10FNO2. The Morgan fingerprint density at radius 1 is 1.29 bits per heavy atom. The SMILES string of the molecule is CC(=O)C(F)C(=O)Nc1ccccc1. The van der Waals surface area contributed by atoms with Crippen LogP contribution in [-0.4, -0.2) is 17.9 Å². The highest BCUT2D eigenvalue weighted by Crippen LogP contribution is 2.06. The van der Waals surface area contributed by atoms with Gasteiger partial charge in [0.05, 0.1) is 0 Å². The predicted octanol–water partition coefficient (Wildman–Crippen LogP) is 1.55. The van der Waals surface area contributed by atoms with Crippen LogP contribution in [0.2, 0.25) is 0 Å². The number of anilines is 1. The first kappa shape index (κ1) is 10.4. The van der Waals surface area contributed by atoms with Gasteiger partial charge in [-0.05, 0) is 19.1 Å². The Hall–Kier alpha value is -1.71. The maximum absolute atomic E-state index is 12.8. The minimum Gasteiger partial charge on any atom is -0.323 e. The number of hydrogen-bond acceptors (Lipinski definition) is 2. The Balaban J connectivity index is 2.62. The summed E-state index contributed by atoms with van der Waals surface area (Å²) >= 11 is 0. The van der Waals surface area contributed by atoms with Gasteiger partial charge in [-0.25, -0.2) is 4.39 Å². The van der Waals surface area contributed by atoms with Crippen LogP contribution >= 0.6 is 0 Å². The fourth-order valence-electron chi connectivity index (χ4n) is 0.912. The molecule has 1 rings (SSSR count). The van der Waals surface area contributed by atoms with Gasteiger partial charge in [0, 0.05) is 5.69 Å². The molecule has 3 nitrogen and oxygen atoms in total. The largest absolute Gasteiger partial charge is 0.323 e. The van der Waals surface area contributed by atoms with Crippen molar-refractivity contribution in [1.29, 1.82) is 0 Å². The number of benzene rings is 1. The Kier molecular flexibility index (Phi) is 3.34. The first-order chi connectivity index (χ1) is 6.61. The van der Waals surface area contributed by atoms with Crippen molar-refractivity contribution < 1.29 is 14.0 Å². The number of alkyl halides is 1. The quantitative estimate of drug-likeness (QED) is 0.744. The van der Waals surface area contributed by atoms with Gasteiger partial charge in [-0.1, -0.05) is 18.2 Å². The number of ketones is 1. The molecule has 0 heterocycles. The molecule has 0 fully saturated rings. The average molecular weight is 195 g/mol. The van der Waals surface area contributed by atoms with Crippen LogP contribution in [0.25, 0.3) is 0 Å². The molecule has 0 aliphatic rings. The van der Waals surface area contributed by atoms with Crippen molar-refractivity contribution in [1.82, 2.24) is 0 Å². The topological polar surface area (TPSA) is 46.2 Å². The molecule has 4 heteroatoms. The molecule has 0 saturated heterocycles. The van der Waals surface area contributed by atoms with E-state index >= 15 is 0 Å². The average Bonchev–Trinajstić information content (AvgIpc) is 2.18. The molecule has 74 valence electrons. The molecule has 0 aliphatic heterocycles. The van der Waals surface area contributed by atoms with Crippen molar-refractivity contribution in [3.8, 4) is 0 Å². The smallest absolute Gasteiger partial charge is 0.266 e. The first-order valence-corrected chi connectivity index (χ1v) is 4.11.